The number of carbonyl (C=O) groups is 1. The van der Waals surface area contributed by atoms with Gasteiger partial charge in [0, 0.05) is 23.6 Å². The molecule has 0 bridgehead atoms. The van der Waals surface area contributed by atoms with Gasteiger partial charge >= 0.3 is 0 Å². The fourth-order valence-corrected chi connectivity index (χ4v) is 2.42. The molecule has 2 aromatic carbocycles. The molecule has 3 aromatic rings. The van der Waals surface area contributed by atoms with Gasteiger partial charge in [0.1, 0.15) is 11.3 Å². The molecule has 0 radical (unpaired) electrons. The maximum absolute atomic E-state index is 13.7. The third-order valence-electron chi connectivity index (χ3n) is 3.51. The Balaban J connectivity index is 1.87. The Hall–Kier alpha value is -2.55. The molecule has 0 saturated heterocycles. The second-order valence-electron chi connectivity index (χ2n) is 4.90. The Morgan fingerprint density at radius 2 is 1.81 bits per heavy atom. The highest BCUT2D eigenvalue weighted by atomic mass is 19.1. The van der Waals surface area contributed by atoms with Crippen LogP contribution in [-0.2, 0) is 6.42 Å². The summed E-state index contributed by atoms with van der Waals surface area (Å²) in [6, 6.07) is 16.2. The molecule has 0 atom stereocenters. The number of para-hydroxylation sites is 1. The molecule has 0 aliphatic heterocycles. The fourth-order valence-electron chi connectivity index (χ4n) is 2.42. The van der Waals surface area contributed by atoms with Crippen LogP contribution in [0.4, 0.5) is 4.39 Å². The number of rotatable bonds is 4. The first-order valence-electron chi connectivity index (χ1n) is 6.86. The van der Waals surface area contributed by atoms with Gasteiger partial charge in [0.25, 0.3) is 0 Å². The van der Waals surface area contributed by atoms with Gasteiger partial charge in [-0.2, -0.15) is 0 Å². The number of aryl methyl sites for hydroxylation is 1. The number of Topliss-reactive ketones (excluding diaryl/α,β-unsaturated/α-hetero) is 1. The number of pyridine rings is 1. The van der Waals surface area contributed by atoms with Crippen molar-refractivity contribution in [3.63, 3.8) is 0 Å². The van der Waals surface area contributed by atoms with E-state index in [0.29, 0.717) is 23.8 Å². The molecule has 3 heteroatoms. The summed E-state index contributed by atoms with van der Waals surface area (Å²) in [4.78, 5) is 16.4. The van der Waals surface area contributed by atoms with Crippen LogP contribution in [0.3, 0.4) is 0 Å². The molecule has 0 amide bonds. The average Bonchev–Trinajstić information content (AvgIpc) is 2.53. The zero-order valence-electron chi connectivity index (χ0n) is 11.4. The number of ketones is 1. The van der Waals surface area contributed by atoms with E-state index in [4.69, 9.17) is 0 Å². The molecular weight excluding hydrogens is 265 g/mol. The summed E-state index contributed by atoms with van der Waals surface area (Å²) < 4.78 is 13.7. The lowest BCUT2D eigenvalue weighted by Gasteiger charge is -2.06. The van der Waals surface area contributed by atoms with Crippen molar-refractivity contribution < 1.29 is 9.18 Å². The first-order valence-corrected chi connectivity index (χ1v) is 6.86. The third-order valence-corrected chi connectivity index (χ3v) is 3.51. The van der Waals surface area contributed by atoms with Crippen LogP contribution in [0.5, 0.6) is 0 Å². The van der Waals surface area contributed by atoms with E-state index in [1.807, 2.05) is 30.3 Å². The summed E-state index contributed by atoms with van der Waals surface area (Å²) in [5.74, 6) is -0.387. The van der Waals surface area contributed by atoms with E-state index in [1.165, 1.54) is 12.3 Å². The van der Waals surface area contributed by atoms with Crippen molar-refractivity contribution in [1.29, 1.82) is 0 Å². The normalized spacial score (nSPS) is 10.7. The third kappa shape index (κ3) is 2.82. The van der Waals surface area contributed by atoms with Gasteiger partial charge in [0.05, 0.1) is 0 Å². The molecule has 0 aliphatic carbocycles. The predicted octanol–water partition coefficient (Wildman–Crippen LogP) is 4.19. The number of carbonyl (C=O) groups excluding carboxylic acids is 1. The Bertz CT molecular complexity index is 784. The Kier molecular flexibility index (Phi) is 3.73. The van der Waals surface area contributed by atoms with Crippen molar-refractivity contribution in [3.8, 4) is 0 Å². The molecule has 1 heterocycles. The highest BCUT2D eigenvalue weighted by molar-refractivity contribution is 6.07. The molecule has 1 aromatic heterocycles. The monoisotopic (exact) mass is 279 g/mol. The van der Waals surface area contributed by atoms with Crippen LogP contribution in [0.2, 0.25) is 0 Å². The maximum atomic E-state index is 13.7. The molecule has 0 N–H and O–H groups in total. The van der Waals surface area contributed by atoms with Crippen molar-refractivity contribution in [2.75, 3.05) is 0 Å². The van der Waals surface area contributed by atoms with Crippen molar-refractivity contribution in [3.05, 3.63) is 77.7 Å². The first-order chi connectivity index (χ1) is 10.3. The summed E-state index contributed by atoms with van der Waals surface area (Å²) >= 11 is 0. The molecule has 0 saturated carbocycles. The number of nitrogens with zero attached hydrogens (tertiary/aromatic N) is 1. The van der Waals surface area contributed by atoms with Crippen LogP contribution < -0.4 is 0 Å². The fraction of sp³-hybridized carbons (Fsp3) is 0.111. The second kappa shape index (κ2) is 5.83. The Morgan fingerprint density at radius 3 is 2.62 bits per heavy atom. The SMILES string of the molecule is O=C(CCc1ccccc1)c1ccnc2c(F)cccc12. The van der Waals surface area contributed by atoms with Crippen molar-refractivity contribution in [2.24, 2.45) is 0 Å². The maximum Gasteiger partial charge on any atom is 0.163 e. The first kappa shape index (κ1) is 13.4. The number of fused-ring (bicyclic) bond motifs is 1. The highest BCUT2D eigenvalue weighted by Crippen LogP contribution is 2.21. The van der Waals surface area contributed by atoms with Crippen LogP contribution in [-0.4, -0.2) is 10.8 Å². The quantitative estimate of drug-likeness (QED) is 0.670. The van der Waals surface area contributed by atoms with Crippen LogP contribution in [0.1, 0.15) is 22.3 Å². The molecule has 2 nitrogen and oxygen atoms in total. The van der Waals surface area contributed by atoms with Crippen molar-refractivity contribution >= 4 is 16.7 Å². The minimum absolute atomic E-state index is 0.0110. The van der Waals surface area contributed by atoms with Gasteiger partial charge in [0.2, 0.25) is 0 Å². The Labute approximate surface area is 122 Å². The number of aromatic nitrogens is 1. The van der Waals surface area contributed by atoms with Gasteiger partial charge in [-0.25, -0.2) is 4.39 Å². The van der Waals surface area contributed by atoms with Crippen LogP contribution >= 0.6 is 0 Å². The van der Waals surface area contributed by atoms with E-state index < -0.39 is 5.82 Å². The molecule has 3 rings (SSSR count). The van der Waals surface area contributed by atoms with E-state index in [1.54, 1.807) is 18.2 Å². The number of benzene rings is 2. The minimum atomic E-state index is -0.398. The summed E-state index contributed by atoms with van der Waals surface area (Å²) in [6.45, 7) is 0. The number of hydrogen-bond donors (Lipinski definition) is 0. The standard InChI is InChI=1S/C18H14FNO/c19-16-8-4-7-15-14(11-12-20-18(15)16)17(21)10-9-13-5-2-1-3-6-13/h1-8,11-12H,9-10H2. The predicted molar refractivity (Wildman–Crippen MR) is 80.8 cm³/mol. The highest BCUT2D eigenvalue weighted by Gasteiger charge is 2.12. The summed E-state index contributed by atoms with van der Waals surface area (Å²) in [5, 5.41) is 0.579. The summed E-state index contributed by atoms with van der Waals surface area (Å²) in [5.41, 5.74) is 1.91. The van der Waals surface area contributed by atoms with E-state index >= 15 is 0 Å². The van der Waals surface area contributed by atoms with Gasteiger partial charge in [-0.1, -0.05) is 42.5 Å². The zero-order chi connectivity index (χ0) is 14.7. The molecule has 21 heavy (non-hydrogen) atoms. The van der Waals surface area contributed by atoms with Crippen LogP contribution in [0.15, 0.2) is 60.8 Å². The minimum Gasteiger partial charge on any atom is -0.294 e. The number of halogens is 1. The molecule has 0 aliphatic rings. The van der Waals surface area contributed by atoms with Gasteiger partial charge in [-0.15, -0.1) is 0 Å². The molecule has 104 valence electrons. The molecule has 0 spiro atoms. The van der Waals surface area contributed by atoms with E-state index in [9.17, 15) is 9.18 Å². The van der Waals surface area contributed by atoms with Crippen molar-refractivity contribution in [1.82, 2.24) is 4.98 Å². The van der Waals surface area contributed by atoms with Gasteiger partial charge in [-0.3, -0.25) is 9.78 Å². The van der Waals surface area contributed by atoms with Crippen LogP contribution in [0.25, 0.3) is 10.9 Å². The van der Waals surface area contributed by atoms with Gasteiger partial charge < -0.3 is 0 Å². The number of hydrogen-bond acceptors (Lipinski definition) is 2. The lowest BCUT2D eigenvalue weighted by molar-refractivity contribution is 0.0984. The lowest BCUT2D eigenvalue weighted by Crippen LogP contribution is -2.03. The van der Waals surface area contributed by atoms with Gasteiger partial charge in [0.15, 0.2) is 5.78 Å². The van der Waals surface area contributed by atoms with E-state index in [2.05, 4.69) is 4.98 Å². The smallest absolute Gasteiger partial charge is 0.163 e. The molecule has 0 fully saturated rings. The van der Waals surface area contributed by atoms with Crippen molar-refractivity contribution in [2.45, 2.75) is 12.8 Å². The second-order valence-corrected chi connectivity index (χ2v) is 4.90. The van der Waals surface area contributed by atoms with E-state index in [0.717, 1.165) is 5.56 Å². The summed E-state index contributed by atoms with van der Waals surface area (Å²) in [6.07, 6.45) is 2.57. The van der Waals surface area contributed by atoms with Crippen LogP contribution in [0, 0.1) is 5.82 Å². The topological polar surface area (TPSA) is 30.0 Å². The zero-order valence-corrected chi connectivity index (χ0v) is 11.4. The van der Waals surface area contributed by atoms with Gasteiger partial charge in [-0.05, 0) is 24.1 Å². The average molecular weight is 279 g/mol. The molecular formula is C18H14FNO. The lowest BCUT2D eigenvalue weighted by atomic mass is 10.00. The summed E-state index contributed by atoms with van der Waals surface area (Å²) in [7, 11) is 0. The molecule has 0 unspecified atom stereocenters. The Morgan fingerprint density at radius 1 is 1.00 bits per heavy atom. The van der Waals surface area contributed by atoms with E-state index in [-0.39, 0.29) is 11.3 Å². The largest absolute Gasteiger partial charge is 0.294 e.